The van der Waals surface area contributed by atoms with Gasteiger partial charge in [0.05, 0.1) is 12.0 Å². The molecular formula is C11H13FN4O3. The number of aliphatic hydroxyl groups excluding tert-OH is 2. The second-order valence-electron chi connectivity index (χ2n) is 4.40. The van der Waals surface area contributed by atoms with Crippen molar-refractivity contribution in [3.05, 3.63) is 18.6 Å². The van der Waals surface area contributed by atoms with E-state index in [0.717, 1.165) is 0 Å². The number of ether oxygens (including phenoxy) is 1. The molecule has 7 nitrogen and oxygen atoms in total. The summed E-state index contributed by atoms with van der Waals surface area (Å²) in [5.41, 5.74) is 6.12. The molecular weight excluding hydrogens is 255 g/mol. The van der Waals surface area contributed by atoms with Gasteiger partial charge < -0.3 is 25.3 Å². The van der Waals surface area contributed by atoms with Crippen LogP contribution in [0.2, 0.25) is 0 Å². The molecule has 1 aliphatic rings. The van der Waals surface area contributed by atoms with Gasteiger partial charge in [0.2, 0.25) is 0 Å². The minimum absolute atomic E-state index is 0.288. The van der Waals surface area contributed by atoms with Crippen LogP contribution in [0.15, 0.2) is 18.6 Å². The number of aromatic nitrogens is 3. The van der Waals surface area contributed by atoms with Gasteiger partial charge in [-0.15, -0.1) is 0 Å². The van der Waals surface area contributed by atoms with Crippen molar-refractivity contribution in [3.63, 3.8) is 0 Å². The van der Waals surface area contributed by atoms with Crippen LogP contribution in [0.25, 0.3) is 11.0 Å². The Labute approximate surface area is 107 Å². The molecule has 0 amide bonds. The Morgan fingerprint density at radius 1 is 1.47 bits per heavy atom. The lowest BCUT2D eigenvalue weighted by Gasteiger charge is -2.15. The summed E-state index contributed by atoms with van der Waals surface area (Å²) in [6.45, 7) is -0.450. The van der Waals surface area contributed by atoms with Crippen molar-refractivity contribution in [2.24, 2.45) is 0 Å². The molecule has 0 aliphatic carbocycles. The number of fused-ring (bicyclic) bond motifs is 1. The van der Waals surface area contributed by atoms with Gasteiger partial charge in [0.15, 0.2) is 12.4 Å². The Morgan fingerprint density at radius 2 is 2.26 bits per heavy atom. The molecule has 0 unspecified atom stereocenters. The van der Waals surface area contributed by atoms with Crippen molar-refractivity contribution in [2.45, 2.75) is 24.6 Å². The topological polar surface area (TPSA) is 106 Å². The third-order valence-electron chi connectivity index (χ3n) is 3.29. The average molecular weight is 268 g/mol. The molecule has 0 aromatic carbocycles. The lowest BCUT2D eigenvalue weighted by molar-refractivity contribution is -0.0457. The number of hydrogen-bond donors (Lipinski definition) is 3. The van der Waals surface area contributed by atoms with E-state index in [1.54, 1.807) is 12.3 Å². The number of rotatable bonds is 2. The molecule has 19 heavy (non-hydrogen) atoms. The molecule has 1 saturated heterocycles. The zero-order valence-electron chi connectivity index (χ0n) is 9.85. The molecule has 2 aromatic heterocycles. The fourth-order valence-corrected chi connectivity index (χ4v) is 2.27. The lowest BCUT2D eigenvalue weighted by atomic mass is 10.1. The summed E-state index contributed by atoms with van der Waals surface area (Å²) >= 11 is 0. The van der Waals surface area contributed by atoms with E-state index in [9.17, 15) is 9.50 Å². The van der Waals surface area contributed by atoms with Crippen LogP contribution in [0.1, 0.15) is 6.23 Å². The summed E-state index contributed by atoms with van der Waals surface area (Å²) in [5.74, 6) is 0.288. The Hall–Kier alpha value is -1.77. The van der Waals surface area contributed by atoms with Crippen molar-refractivity contribution in [2.75, 3.05) is 12.3 Å². The normalized spacial score (nSPS) is 31.1. The molecule has 1 aliphatic heterocycles. The molecule has 102 valence electrons. The van der Waals surface area contributed by atoms with E-state index >= 15 is 0 Å². The highest BCUT2D eigenvalue weighted by Gasteiger charge is 2.45. The molecule has 3 heterocycles. The van der Waals surface area contributed by atoms with E-state index in [2.05, 4.69) is 9.97 Å². The van der Waals surface area contributed by atoms with Gasteiger partial charge in [-0.05, 0) is 6.07 Å². The van der Waals surface area contributed by atoms with Crippen molar-refractivity contribution in [1.82, 2.24) is 14.5 Å². The number of anilines is 1. The zero-order valence-corrected chi connectivity index (χ0v) is 9.85. The molecule has 3 rings (SSSR count). The van der Waals surface area contributed by atoms with E-state index in [-0.39, 0.29) is 5.82 Å². The Kier molecular flexibility index (Phi) is 2.85. The molecule has 0 radical (unpaired) electrons. The van der Waals surface area contributed by atoms with Crippen molar-refractivity contribution in [1.29, 1.82) is 0 Å². The van der Waals surface area contributed by atoms with Gasteiger partial charge >= 0.3 is 0 Å². The minimum atomic E-state index is -1.65. The highest BCUT2D eigenvalue weighted by molar-refractivity contribution is 5.86. The van der Waals surface area contributed by atoms with E-state index in [4.69, 9.17) is 15.6 Å². The Morgan fingerprint density at radius 3 is 2.95 bits per heavy atom. The second kappa shape index (κ2) is 4.41. The quantitative estimate of drug-likeness (QED) is 0.684. The van der Waals surface area contributed by atoms with E-state index in [1.165, 1.54) is 10.9 Å². The van der Waals surface area contributed by atoms with E-state index in [0.29, 0.717) is 11.0 Å². The van der Waals surface area contributed by atoms with Crippen LogP contribution in [-0.2, 0) is 4.74 Å². The van der Waals surface area contributed by atoms with Crippen LogP contribution in [-0.4, -0.2) is 49.7 Å². The zero-order chi connectivity index (χ0) is 13.6. The first-order valence-corrected chi connectivity index (χ1v) is 5.79. The molecule has 2 aromatic rings. The summed E-state index contributed by atoms with van der Waals surface area (Å²) in [5, 5.41) is 19.2. The van der Waals surface area contributed by atoms with Crippen LogP contribution in [0.3, 0.4) is 0 Å². The van der Waals surface area contributed by atoms with E-state index < -0.39 is 31.2 Å². The first-order chi connectivity index (χ1) is 9.13. The lowest BCUT2D eigenvalue weighted by Crippen LogP contribution is -2.30. The van der Waals surface area contributed by atoms with Gasteiger partial charge in [0, 0.05) is 6.20 Å². The number of aliphatic hydroxyl groups is 2. The average Bonchev–Trinajstić information content (AvgIpc) is 2.94. The molecule has 0 bridgehead atoms. The minimum Gasteiger partial charge on any atom is -0.394 e. The maximum absolute atomic E-state index is 14.0. The fourth-order valence-electron chi connectivity index (χ4n) is 2.27. The maximum atomic E-state index is 14.0. The standard InChI is InChI=1S/C11H13FN4O3/c12-7-8(18)6(3-17)19-11(7)16-2-1-5-9(13)14-4-15-10(5)16/h1-2,4,6-8,11,17-18H,3H2,(H2,13,14,15)/t6-,7+,8+,11-/m1/s1. The number of nitrogens with two attached hydrogens (primary N) is 1. The first-order valence-electron chi connectivity index (χ1n) is 5.79. The predicted octanol–water partition coefficient (Wildman–Crippen LogP) is -0.398. The SMILES string of the molecule is Nc1ncnc2c1ccn2[C@@H]1O[C@H](CO)[C@H](O)[C@@H]1F. The summed E-state index contributed by atoms with van der Waals surface area (Å²) in [6, 6.07) is 1.65. The molecule has 1 fully saturated rings. The number of alkyl halides is 1. The van der Waals surface area contributed by atoms with Gasteiger partial charge in [-0.2, -0.15) is 0 Å². The van der Waals surface area contributed by atoms with Gasteiger partial charge in [0.25, 0.3) is 0 Å². The molecule has 0 spiro atoms. The number of hydrogen-bond acceptors (Lipinski definition) is 6. The first kappa shape index (κ1) is 12.3. The monoisotopic (exact) mass is 268 g/mol. The summed E-state index contributed by atoms with van der Waals surface area (Å²) < 4.78 is 20.8. The molecule has 4 N–H and O–H groups in total. The Bertz CT molecular complexity index is 605. The third-order valence-corrected chi connectivity index (χ3v) is 3.29. The van der Waals surface area contributed by atoms with E-state index in [1.807, 2.05) is 0 Å². The largest absolute Gasteiger partial charge is 0.394 e. The van der Waals surface area contributed by atoms with Crippen LogP contribution in [0.5, 0.6) is 0 Å². The van der Waals surface area contributed by atoms with Gasteiger partial charge in [-0.25, -0.2) is 14.4 Å². The van der Waals surface area contributed by atoms with Gasteiger partial charge in [0.1, 0.15) is 30.0 Å². The molecule has 0 saturated carbocycles. The van der Waals surface area contributed by atoms with Crippen molar-refractivity contribution < 1.29 is 19.3 Å². The van der Waals surface area contributed by atoms with Crippen LogP contribution >= 0.6 is 0 Å². The molecule has 4 atom stereocenters. The fraction of sp³-hybridized carbons (Fsp3) is 0.455. The third kappa shape index (κ3) is 1.76. The summed E-state index contributed by atoms with van der Waals surface area (Å²) in [7, 11) is 0. The summed E-state index contributed by atoms with van der Waals surface area (Å²) in [6.07, 6.45) is -2.17. The second-order valence-corrected chi connectivity index (χ2v) is 4.40. The van der Waals surface area contributed by atoms with Crippen molar-refractivity contribution >= 4 is 16.9 Å². The summed E-state index contributed by atoms with van der Waals surface area (Å²) in [4.78, 5) is 7.88. The van der Waals surface area contributed by atoms with Crippen LogP contribution in [0, 0.1) is 0 Å². The Balaban J connectivity index is 2.04. The van der Waals surface area contributed by atoms with Crippen molar-refractivity contribution in [3.8, 4) is 0 Å². The van der Waals surface area contributed by atoms with Crippen LogP contribution < -0.4 is 5.73 Å². The maximum Gasteiger partial charge on any atom is 0.173 e. The van der Waals surface area contributed by atoms with Gasteiger partial charge in [-0.3, -0.25) is 0 Å². The number of halogens is 1. The smallest absolute Gasteiger partial charge is 0.173 e. The number of nitrogens with zero attached hydrogens (tertiary/aromatic N) is 3. The molecule has 8 heteroatoms. The highest BCUT2D eigenvalue weighted by atomic mass is 19.1. The predicted molar refractivity (Wildman–Crippen MR) is 63.8 cm³/mol. The highest BCUT2D eigenvalue weighted by Crippen LogP contribution is 2.34. The van der Waals surface area contributed by atoms with Gasteiger partial charge in [-0.1, -0.05) is 0 Å². The number of nitrogen functional groups attached to an aromatic ring is 1. The van der Waals surface area contributed by atoms with Crippen LogP contribution in [0.4, 0.5) is 10.2 Å².